The summed E-state index contributed by atoms with van der Waals surface area (Å²) in [6, 6.07) is 9.64. The second-order valence-electron chi connectivity index (χ2n) is 2.58. The smallest absolute Gasteiger partial charge is 0.0994 e. The number of hydrogen-bond acceptors (Lipinski definition) is 2. The zero-order valence-electron chi connectivity index (χ0n) is 12.1. The molecule has 0 saturated carbocycles. The molecule has 94 valence electrons. The molecule has 0 heterocycles. The number of benzene rings is 1. The molecule has 0 aliphatic heterocycles. The molecule has 2 heteroatoms. The Morgan fingerprint density at radius 2 is 1.35 bits per heavy atom. The highest BCUT2D eigenvalue weighted by Gasteiger charge is 1.96. The number of aryl methyl sites for hydroxylation is 1. The SMILES string of the molecule is CC.CC.CC#N.Cc1cccc(C#N)c1C. The van der Waals surface area contributed by atoms with Gasteiger partial charge in [-0.15, -0.1) is 0 Å². The highest BCUT2D eigenvalue weighted by Crippen LogP contribution is 2.10. The third-order valence-corrected chi connectivity index (χ3v) is 1.73. The van der Waals surface area contributed by atoms with Crippen LogP contribution >= 0.6 is 0 Å². The predicted octanol–water partition coefficient (Wildman–Crippen LogP) is 4.76. The van der Waals surface area contributed by atoms with E-state index in [2.05, 4.69) is 6.07 Å². The number of rotatable bonds is 0. The van der Waals surface area contributed by atoms with Crippen LogP contribution in [0.1, 0.15) is 51.3 Å². The maximum absolute atomic E-state index is 8.59. The Morgan fingerprint density at radius 3 is 1.65 bits per heavy atom. The topological polar surface area (TPSA) is 47.6 Å². The predicted molar refractivity (Wildman–Crippen MR) is 74.6 cm³/mol. The van der Waals surface area contributed by atoms with E-state index in [1.54, 1.807) is 6.07 Å². The summed E-state index contributed by atoms with van der Waals surface area (Å²) in [7, 11) is 0. The number of hydrogen-bond donors (Lipinski definition) is 0. The lowest BCUT2D eigenvalue weighted by Gasteiger charge is -1.98. The molecule has 0 aliphatic carbocycles. The van der Waals surface area contributed by atoms with Crippen LogP contribution < -0.4 is 0 Å². The van der Waals surface area contributed by atoms with Gasteiger partial charge >= 0.3 is 0 Å². The summed E-state index contributed by atoms with van der Waals surface area (Å²) < 4.78 is 0. The third-order valence-electron chi connectivity index (χ3n) is 1.73. The molecule has 17 heavy (non-hydrogen) atoms. The van der Waals surface area contributed by atoms with Crippen molar-refractivity contribution in [3.05, 3.63) is 34.9 Å². The largest absolute Gasteiger partial charge is 0.199 e. The first-order valence-corrected chi connectivity index (χ1v) is 5.94. The Balaban J connectivity index is -0.000000239. The fourth-order valence-electron chi connectivity index (χ4n) is 0.872. The van der Waals surface area contributed by atoms with E-state index < -0.39 is 0 Å². The second kappa shape index (κ2) is 16.6. The van der Waals surface area contributed by atoms with Gasteiger partial charge in [-0.2, -0.15) is 10.5 Å². The van der Waals surface area contributed by atoms with Gasteiger partial charge in [-0.3, -0.25) is 0 Å². The lowest BCUT2D eigenvalue weighted by atomic mass is 10.1. The van der Waals surface area contributed by atoms with Crippen LogP contribution in [0.25, 0.3) is 0 Å². The average molecular weight is 232 g/mol. The van der Waals surface area contributed by atoms with E-state index in [4.69, 9.17) is 10.5 Å². The van der Waals surface area contributed by atoms with Crippen molar-refractivity contribution in [2.45, 2.75) is 48.5 Å². The highest BCUT2D eigenvalue weighted by atomic mass is 14.2. The van der Waals surface area contributed by atoms with Crippen molar-refractivity contribution in [1.29, 1.82) is 10.5 Å². The van der Waals surface area contributed by atoms with E-state index >= 15 is 0 Å². The van der Waals surface area contributed by atoms with E-state index in [1.165, 1.54) is 12.5 Å². The number of nitriles is 2. The van der Waals surface area contributed by atoms with Crippen molar-refractivity contribution in [3.63, 3.8) is 0 Å². The molecule has 0 fully saturated rings. The van der Waals surface area contributed by atoms with Gasteiger partial charge in [0.1, 0.15) is 0 Å². The van der Waals surface area contributed by atoms with Crippen molar-refractivity contribution in [3.8, 4) is 12.1 Å². The molecule has 0 spiro atoms. The standard InChI is InChI=1S/C9H9N.C2H3N.2C2H6/c1-7-4-3-5-9(6-10)8(7)2;1-2-3;2*1-2/h3-5H,1-2H3;1H3;2*1-2H3. The quantitative estimate of drug-likeness (QED) is 0.647. The van der Waals surface area contributed by atoms with Crippen LogP contribution in [-0.2, 0) is 0 Å². The van der Waals surface area contributed by atoms with Crippen molar-refractivity contribution in [2.24, 2.45) is 0 Å². The van der Waals surface area contributed by atoms with Crippen molar-refractivity contribution < 1.29 is 0 Å². The van der Waals surface area contributed by atoms with Gasteiger partial charge in [0.05, 0.1) is 17.7 Å². The molecule has 1 aromatic rings. The summed E-state index contributed by atoms with van der Waals surface area (Å²) >= 11 is 0. The summed E-state index contributed by atoms with van der Waals surface area (Å²) in [5.41, 5.74) is 3.05. The summed E-state index contributed by atoms with van der Waals surface area (Å²) in [4.78, 5) is 0. The van der Waals surface area contributed by atoms with Gasteiger partial charge in [0.25, 0.3) is 0 Å². The van der Waals surface area contributed by atoms with E-state index in [-0.39, 0.29) is 0 Å². The van der Waals surface area contributed by atoms with Gasteiger partial charge in [0.2, 0.25) is 0 Å². The van der Waals surface area contributed by atoms with Crippen molar-refractivity contribution in [2.75, 3.05) is 0 Å². The Hall–Kier alpha value is -1.80. The molecule has 0 atom stereocenters. The highest BCUT2D eigenvalue weighted by molar-refractivity contribution is 5.40. The Kier molecular flexibility index (Phi) is 20.1. The summed E-state index contributed by atoms with van der Waals surface area (Å²) in [6.45, 7) is 13.4. The molecular weight excluding hydrogens is 208 g/mol. The van der Waals surface area contributed by atoms with Crippen LogP contribution in [0.15, 0.2) is 18.2 Å². The van der Waals surface area contributed by atoms with E-state index in [1.807, 2.05) is 59.7 Å². The fraction of sp³-hybridized carbons (Fsp3) is 0.467. The lowest BCUT2D eigenvalue weighted by Crippen LogP contribution is -1.84. The maximum atomic E-state index is 8.59. The molecule has 0 N–H and O–H groups in total. The van der Waals surface area contributed by atoms with Gasteiger partial charge in [-0.05, 0) is 31.0 Å². The first-order chi connectivity index (χ1) is 8.17. The first kappa shape index (κ1) is 20.6. The molecule has 0 bridgehead atoms. The van der Waals surface area contributed by atoms with Gasteiger partial charge in [-0.25, -0.2) is 0 Å². The lowest BCUT2D eigenvalue weighted by molar-refractivity contribution is 1.31. The average Bonchev–Trinajstić information content (AvgIpc) is 2.38. The van der Waals surface area contributed by atoms with Crippen LogP contribution in [0, 0.1) is 36.5 Å². The molecule has 1 rings (SSSR count). The van der Waals surface area contributed by atoms with E-state index in [0.29, 0.717) is 0 Å². The third kappa shape index (κ3) is 10.5. The first-order valence-electron chi connectivity index (χ1n) is 5.94. The second-order valence-corrected chi connectivity index (χ2v) is 2.58. The Labute approximate surface area is 107 Å². The molecule has 0 aromatic heterocycles. The zero-order chi connectivity index (χ0) is 14.3. The van der Waals surface area contributed by atoms with E-state index in [9.17, 15) is 0 Å². The minimum absolute atomic E-state index is 0.778. The van der Waals surface area contributed by atoms with Gasteiger partial charge in [-0.1, -0.05) is 39.8 Å². The molecule has 0 unspecified atom stereocenters. The minimum atomic E-state index is 0.778. The molecule has 0 radical (unpaired) electrons. The van der Waals surface area contributed by atoms with E-state index in [0.717, 1.165) is 11.1 Å². The van der Waals surface area contributed by atoms with Crippen LogP contribution in [0.3, 0.4) is 0 Å². The molecule has 0 amide bonds. The summed E-state index contributed by atoms with van der Waals surface area (Å²) in [6.07, 6.45) is 0. The monoisotopic (exact) mass is 232 g/mol. The summed E-state index contributed by atoms with van der Waals surface area (Å²) in [5, 5.41) is 15.9. The van der Waals surface area contributed by atoms with Gasteiger partial charge < -0.3 is 0 Å². The Bertz CT molecular complexity index is 354. The molecular formula is C15H24N2. The molecule has 2 nitrogen and oxygen atoms in total. The molecule has 0 aliphatic rings. The van der Waals surface area contributed by atoms with Crippen molar-refractivity contribution >= 4 is 0 Å². The van der Waals surface area contributed by atoms with Gasteiger partial charge in [0, 0.05) is 6.92 Å². The van der Waals surface area contributed by atoms with Crippen molar-refractivity contribution in [1.82, 2.24) is 0 Å². The normalized spacial score (nSPS) is 6.41. The van der Waals surface area contributed by atoms with Crippen LogP contribution in [0.2, 0.25) is 0 Å². The van der Waals surface area contributed by atoms with Gasteiger partial charge in [0.15, 0.2) is 0 Å². The fourth-order valence-corrected chi connectivity index (χ4v) is 0.872. The van der Waals surface area contributed by atoms with Crippen LogP contribution in [0.4, 0.5) is 0 Å². The number of nitrogens with zero attached hydrogens (tertiary/aromatic N) is 2. The molecule has 1 aromatic carbocycles. The minimum Gasteiger partial charge on any atom is -0.199 e. The van der Waals surface area contributed by atoms with Crippen LogP contribution in [-0.4, -0.2) is 0 Å². The van der Waals surface area contributed by atoms with Crippen LogP contribution in [0.5, 0.6) is 0 Å². The zero-order valence-corrected chi connectivity index (χ0v) is 12.1. The maximum Gasteiger partial charge on any atom is 0.0994 e. The summed E-state index contributed by atoms with van der Waals surface area (Å²) in [5.74, 6) is 0. The Morgan fingerprint density at radius 1 is 0.941 bits per heavy atom. The molecule has 0 saturated heterocycles.